The molecule has 0 heterocycles. The zero-order chi connectivity index (χ0) is 17.5. The van der Waals surface area contributed by atoms with E-state index in [0.29, 0.717) is 0 Å². The first kappa shape index (κ1) is 19.2. The number of esters is 1. The molecule has 7 heteroatoms. The fourth-order valence-electron chi connectivity index (χ4n) is 1.75. The zero-order valence-corrected chi connectivity index (χ0v) is 15.0. The molecule has 1 amide bonds. The predicted molar refractivity (Wildman–Crippen MR) is 91.9 cm³/mol. The zero-order valence-electron chi connectivity index (χ0n) is 14.1. The number of carbonyl (C=O) groups excluding carboxylic acids is 2. The first-order chi connectivity index (χ1) is 10.7. The number of anilines is 1. The maximum absolute atomic E-state index is 11.9. The summed E-state index contributed by atoms with van der Waals surface area (Å²) in [5.41, 5.74) is 0.184. The minimum absolute atomic E-state index is 0.0606. The van der Waals surface area contributed by atoms with Gasteiger partial charge in [0, 0.05) is 10.6 Å². The summed E-state index contributed by atoms with van der Waals surface area (Å²) in [5, 5.41) is 5.64. The normalized spacial score (nSPS) is 12.2. The van der Waals surface area contributed by atoms with Crippen LogP contribution in [0.2, 0.25) is 0 Å². The van der Waals surface area contributed by atoms with Crippen molar-refractivity contribution < 1.29 is 19.1 Å². The lowest BCUT2D eigenvalue weighted by Crippen LogP contribution is -2.43. The molecule has 0 aromatic heterocycles. The van der Waals surface area contributed by atoms with E-state index in [1.807, 2.05) is 30.5 Å². The van der Waals surface area contributed by atoms with Gasteiger partial charge in [0.15, 0.2) is 0 Å². The van der Waals surface area contributed by atoms with Gasteiger partial charge in [0.05, 0.1) is 13.7 Å². The predicted octanol–water partition coefficient (Wildman–Crippen LogP) is 2.89. The third kappa shape index (κ3) is 7.27. The largest absolute Gasteiger partial charge is 0.467 e. The van der Waals surface area contributed by atoms with Crippen LogP contribution in [-0.4, -0.2) is 43.6 Å². The highest BCUT2D eigenvalue weighted by molar-refractivity contribution is 7.98. The summed E-state index contributed by atoms with van der Waals surface area (Å²) in [6.07, 6.45) is 1.40. The molecule has 0 radical (unpaired) electrons. The Kier molecular flexibility index (Phi) is 7.22. The van der Waals surface area contributed by atoms with Crippen molar-refractivity contribution in [1.82, 2.24) is 5.32 Å². The number of hydrogen-bond acceptors (Lipinski definition) is 6. The van der Waals surface area contributed by atoms with E-state index >= 15 is 0 Å². The Hall–Kier alpha value is -1.89. The molecule has 0 aliphatic carbocycles. The van der Waals surface area contributed by atoms with E-state index in [1.165, 1.54) is 7.11 Å². The number of thioether (sulfide) groups is 1. The van der Waals surface area contributed by atoms with Crippen LogP contribution in [0.4, 0.5) is 10.5 Å². The number of ether oxygens (including phenoxy) is 2. The first-order valence-electron chi connectivity index (χ1n) is 7.20. The summed E-state index contributed by atoms with van der Waals surface area (Å²) in [4.78, 5) is 24.7. The highest BCUT2D eigenvalue weighted by Crippen LogP contribution is 2.19. The van der Waals surface area contributed by atoms with E-state index in [9.17, 15) is 9.59 Å². The van der Waals surface area contributed by atoms with Crippen LogP contribution in [0, 0.1) is 0 Å². The molecule has 1 aromatic rings. The van der Waals surface area contributed by atoms with Gasteiger partial charge in [-0.15, -0.1) is 11.8 Å². The number of nitrogens with one attached hydrogen (secondary N) is 2. The van der Waals surface area contributed by atoms with Gasteiger partial charge in [-0.1, -0.05) is 6.07 Å². The quantitative estimate of drug-likeness (QED) is 0.612. The standard InChI is InChI=1S/C16H24N2O4S/c1-16(2,3)22-15(20)17-10-13(14(19)21-4)18-11-7-6-8-12(9-11)23-5/h6-9,13,18H,10H2,1-5H3,(H,17,20)/t13-/m0/s1. The maximum Gasteiger partial charge on any atom is 0.407 e. The molecular formula is C16H24N2O4S. The average Bonchev–Trinajstić information content (AvgIpc) is 2.49. The molecule has 1 rings (SSSR count). The SMILES string of the molecule is COC(=O)[C@H](CNC(=O)OC(C)(C)C)Nc1cccc(SC)c1. The molecule has 0 aliphatic rings. The monoisotopic (exact) mass is 340 g/mol. The second kappa shape index (κ2) is 8.67. The Morgan fingerprint density at radius 2 is 2.00 bits per heavy atom. The van der Waals surface area contributed by atoms with Gasteiger partial charge in [0.1, 0.15) is 11.6 Å². The minimum atomic E-state index is -0.704. The van der Waals surface area contributed by atoms with Crippen LogP contribution in [0.15, 0.2) is 29.2 Å². The average molecular weight is 340 g/mol. The molecule has 1 aromatic carbocycles. The molecule has 23 heavy (non-hydrogen) atoms. The maximum atomic E-state index is 11.9. The number of amides is 1. The van der Waals surface area contributed by atoms with Crippen molar-refractivity contribution in [3.05, 3.63) is 24.3 Å². The van der Waals surface area contributed by atoms with Gasteiger partial charge in [0.25, 0.3) is 0 Å². The fourth-order valence-corrected chi connectivity index (χ4v) is 2.21. The van der Waals surface area contributed by atoms with E-state index in [4.69, 9.17) is 9.47 Å². The van der Waals surface area contributed by atoms with Gasteiger partial charge in [-0.2, -0.15) is 0 Å². The van der Waals surface area contributed by atoms with Gasteiger partial charge in [-0.25, -0.2) is 9.59 Å². The van der Waals surface area contributed by atoms with Gasteiger partial charge in [-0.3, -0.25) is 0 Å². The summed E-state index contributed by atoms with van der Waals surface area (Å²) in [6.45, 7) is 5.38. The van der Waals surface area contributed by atoms with Gasteiger partial charge >= 0.3 is 12.1 Å². The van der Waals surface area contributed by atoms with Crippen LogP contribution in [0.3, 0.4) is 0 Å². The van der Waals surface area contributed by atoms with Crippen LogP contribution in [0.25, 0.3) is 0 Å². The van der Waals surface area contributed by atoms with Gasteiger partial charge in [0.2, 0.25) is 0 Å². The third-order valence-corrected chi connectivity index (χ3v) is 3.47. The molecule has 0 unspecified atom stereocenters. The Balaban J connectivity index is 2.69. The highest BCUT2D eigenvalue weighted by atomic mass is 32.2. The van der Waals surface area contributed by atoms with Crippen molar-refractivity contribution in [3.8, 4) is 0 Å². The molecule has 0 aliphatic heterocycles. The van der Waals surface area contributed by atoms with Crippen LogP contribution in [0.1, 0.15) is 20.8 Å². The van der Waals surface area contributed by atoms with Crippen molar-refractivity contribution in [2.75, 3.05) is 25.2 Å². The summed E-state index contributed by atoms with van der Waals surface area (Å²) < 4.78 is 9.93. The number of carbonyl (C=O) groups is 2. The second-order valence-corrected chi connectivity index (χ2v) is 6.71. The molecule has 0 saturated heterocycles. The summed E-state index contributed by atoms with van der Waals surface area (Å²) in [6, 6.07) is 6.94. The van der Waals surface area contributed by atoms with Crippen LogP contribution in [0.5, 0.6) is 0 Å². The summed E-state index contributed by atoms with van der Waals surface area (Å²) in [5.74, 6) is -0.462. The van der Waals surface area contributed by atoms with E-state index in [-0.39, 0.29) is 6.54 Å². The van der Waals surface area contributed by atoms with Crippen LogP contribution >= 0.6 is 11.8 Å². The number of hydrogen-bond donors (Lipinski definition) is 2. The van der Waals surface area contributed by atoms with Crippen LogP contribution < -0.4 is 10.6 Å². The molecule has 128 valence electrons. The number of methoxy groups -OCH3 is 1. The minimum Gasteiger partial charge on any atom is -0.467 e. The molecule has 1 atom stereocenters. The highest BCUT2D eigenvalue weighted by Gasteiger charge is 2.22. The van der Waals surface area contributed by atoms with Gasteiger partial charge < -0.3 is 20.1 Å². The smallest absolute Gasteiger partial charge is 0.407 e. The molecular weight excluding hydrogens is 316 g/mol. The Labute approximate surface area is 141 Å². The van der Waals surface area contributed by atoms with Crippen molar-refractivity contribution in [2.45, 2.75) is 37.3 Å². The lowest BCUT2D eigenvalue weighted by atomic mass is 10.2. The van der Waals surface area contributed by atoms with Crippen molar-refractivity contribution in [2.24, 2.45) is 0 Å². The molecule has 6 nitrogen and oxygen atoms in total. The Morgan fingerprint density at radius 1 is 1.30 bits per heavy atom. The Morgan fingerprint density at radius 3 is 2.57 bits per heavy atom. The topological polar surface area (TPSA) is 76.7 Å². The molecule has 0 saturated carbocycles. The molecule has 0 fully saturated rings. The van der Waals surface area contributed by atoms with E-state index in [1.54, 1.807) is 32.5 Å². The fraction of sp³-hybridized carbons (Fsp3) is 0.500. The molecule has 0 bridgehead atoms. The van der Waals surface area contributed by atoms with Crippen molar-refractivity contribution in [3.63, 3.8) is 0 Å². The van der Waals surface area contributed by atoms with Crippen LogP contribution in [-0.2, 0) is 14.3 Å². The lowest BCUT2D eigenvalue weighted by molar-refractivity contribution is -0.141. The van der Waals surface area contributed by atoms with Crippen molar-refractivity contribution >= 4 is 29.5 Å². The van der Waals surface area contributed by atoms with E-state index in [0.717, 1.165) is 10.6 Å². The first-order valence-corrected chi connectivity index (χ1v) is 8.43. The Bertz CT molecular complexity index is 543. The number of benzene rings is 1. The summed E-state index contributed by atoms with van der Waals surface area (Å²) in [7, 11) is 1.31. The van der Waals surface area contributed by atoms with E-state index in [2.05, 4.69) is 10.6 Å². The second-order valence-electron chi connectivity index (χ2n) is 5.83. The lowest BCUT2D eigenvalue weighted by Gasteiger charge is -2.22. The summed E-state index contributed by atoms with van der Waals surface area (Å²) >= 11 is 1.60. The van der Waals surface area contributed by atoms with Gasteiger partial charge in [-0.05, 0) is 45.2 Å². The van der Waals surface area contributed by atoms with E-state index < -0.39 is 23.7 Å². The van der Waals surface area contributed by atoms with Crippen molar-refractivity contribution in [1.29, 1.82) is 0 Å². The number of rotatable bonds is 6. The molecule has 2 N–H and O–H groups in total. The number of alkyl carbamates (subject to hydrolysis) is 1. The third-order valence-electron chi connectivity index (χ3n) is 2.75. The molecule has 0 spiro atoms.